The molecule has 112 valence electrons. The Hall–Kier alpha value is -1.06. The number of rotatable bonds is 8. The number of nitrogens with zero attached hydrogens (tertiary/aromatic N) is 1. The molecule has 1 aromatic carbocycles. The van der Waals surface area contributed by atoms with Crippen LogP contribution in [-0.2, 0) is 4.79 Å². The second-order valence-electron chi connectivity index (χ2n) is 4.84. The molecule has 1 unspecified atom stereocenters. The van der Waals surface area contributed by atoms with Crippen molar-refractivity contribution in [2.45, 2.75) is 39.7 Å². The average molecular weight is 297 g/mol. The molecule has 0 aliphatic heterocycles. The van der Waals surface area contributed by atoms with Crippen molar-refractivity contribution in [2.75, 3.05) is 19.6 Å². The summed E-state index contributed by atoms with van der Waals surface area (Å²) >= 11 is 5.95. The fraction of sp³-hybridized carbons (Fsp3) is 0.562. The summed E-state index contributed by atoms with van der Waals surface area (Å²) in [5.74, 6) is 0.124. The van der Waals surface area contributed by atoms with Crippen molar-refractivity contribution in [2.24, 2.45) is 0 Å². The van der Waals surface area contributed by atoms with Gasteiger partial charge in [-0.3, -0.25) is 9.69 Å². The normalized spacial score (nSPS) is 12.4. The molecule has 3 nitrogen and oxygen atoms in total. The van der Waals surface area contributed by atoms with Gasteiger partial charge in [0.15, 0.2) is 0 Å². The van der Waals surface area contributed by atoms with E-state index in [0.717, 1.165) is 24.5 Å². The quantitative estimate of drug-likeness (QED) is 0.794. The molecule has 0 aliphatic carbocycles. The molecule has 1 atom stereocenters. The molecule has 4 heteroatoms. The lowest BCUT2D eigenvalue weighted by atomic mass is 10.0. The van der Waals surface area contributed by atoms with Crippen LogP contribution in [0.15, 0.2) is 24.3 Å². The Bertz CT molecular complexity index is 401. The molecule has 0 heterocycles. The van der Waals surface area contributed by atoms with Crippen molar-refractivity contribution in [3.05, 3.63) is 34.9 Å². The van der Waals surface area contributed by atoms with Crippen molar-refractivity contribution < 1.29 is 4.79 Å². The van der Waals surface area contributed by atoms with Gasteiger partial charge in [-0.15, -0.1) is 0 Å². The van der Waals surface area contributed by atoms with Gasteiger partial charge in [-0.05, 0) is 37.2 Å². The van der Waals surface area contributed by atoms with Crippen molar-refractivity contribution in [3.8, 4) is 0 Å². The standard InChI is InChI=1S/C16H25ClN2O/c1-4-7-16(20)18-12-15(19(5-2)6-3)13-8-10-14(17)11-9-13/h8-11,15H,4-7,12H2,1-3H3,(H,18,20). The number of benzene rings is 1. The van der Waals surface area contributed by atoms with E-state index in [4.69, 9.17) is 11.6 Å². The number of amides is 1. The van der Waals surface area contributed by atoms with Crippen LogP contribution in [0, 0.1) is 0 Å². The van der Waals surface area contributed by atoms with Gasteiger partial charge in [0.25, 0.3) is 0 Å². The molecule has 1 aromatic rings. The third-order valence-corrected chi connectivity index (χ3v) is 3.73. The molecule has 1 rings (SSSR count). The van der Waals surface area contributed by atoms with Gasteiger partial charge in [-0.2, -0.15) is 0 Å². The number of halogens is 1. The highest BCUT2D eigenvalue weighted by atomic mass is 35.5. The molecule has 0 spiro atoms. The first-order chi connectivity index (χ1) is 9.62. The smallest absolute Gasteiger partial charge is 0.220 e. The molecule has 1 amide bonds. The fourth-order valence-electron chi connectivity index (χ4n) is 2.33. The Morgan fingerprint density at radius 1 is 1.20 bits per heavy atom. The molecule has 0 saturated heterocycles. The maximum absolute atomic E-state index is 11.7. The van der Waals surface area contributed by atoms with Crippen LogP contribution >= 0.6 is 11.6 Å². The third-order valence-electron chi connectivity index (χ3n) is 3.48. The lowest BCUT2D eigenvalue weighted by Gasteiger charge is -2.30. The van der Waals surface area contributed by atoms with Crippen molar-refractivity contribution in [1.82, 2.24) is 10.2 Å². The second-order valence-corrected chi connectivity index (χ2v) is 5.28. The van der Waals surface area contributed by atoms with Crippen LogP contribution in [-0.4, -0.2) is 30.4 Å². The van der Waals surface area contributed by atoms with E-state index in [9.17, 15) is 4.79 Å². The largest absolute Gasteiger partial charge is 0.354 e. The fourth-order valence-corrected chi connectivity index (χ4v) is 2.46. The first-order valence-electron chi connectivity index (χ1n) is 7.38. The first-order valence-corrected chi connectivity index (χ1v) is 7.76. The molecule has 0 radical (unpaired) electrons. The van der Waals surface area contributed by atoms with E-state index in [1.807, 2.05) is 31.2 Å². The van der Waals surface area contributed by atoms with Crippen LogP contribution in [0.25, 0.3) is 0 Å². The van der Waals surface area contributed by atoms with Crippen LogP contribution < -0.4 is 5.32 Å². The van der Waals surface area contributed by atoms with Crippen molar-refractivity contribution in [3.63, 3.8) is 0 Å². The SMILES string of the molecule is CCCC(=O)NCC(c1ccc(Cl)cc1)N(CC)CC. The second kappa shape index (κ2) is 8.98. The Balaban J connectivity index is 2.79. The Labute approximate surface area is 127 Å². The van der Waals surface area contributed by atoms with E-state index in [1.54, 1.807) is 0 Å². The van der Waals surface area contributed by atoms with Gasteiger partial charge >= 0.3 is 0 Å². The molecule has 0 aromatic heterocycles. The molecule has 1 N–H and O–H groups in total. The van der Waals surface area contributed by atoms with E-state index in [1.165, 1.54) is 5.56 Å². The molecule has 0 saturated carbocycles. The molecule has 0 bridgehead atoms. The summed E-state index contributed by atoms with van der Waals surface area (Å²) in [4.78, 5) is 14.0. The summed E-state index contributed by atoms with van der Waals surface area (Å²) in [5, 5.41) is 3.77. The monoisotopic (exact) mass is 296 g/mol. The van der Waals surface area contributed by atoms with E-state index in [0.29, 0.717) is 13.0 Å². The third kappa shape index (κ3) is 5.14. The molecule has 0 fully saturated rings. The molecule has 20 heavy (non-hydrogen) atoms. The van der Waals surface area contributed by atoms with Crippen LogP contribution in [0.3, 0.4) is 0 Å². The van der Waals surface area contributed by atoms with Crippen LogP contribution in [0.5, 0.6) is 0 Å². The topological polar surface area (TPSA) is 32.3 Å². The number of carbonyl (C=O) groups excluding carboxylic acids is 1. The van der Waals surface area contributed by atoms with Gasteiger partial charge in [-0.1, -0.05) is 44.5 Å². The molecular weight excluding hydrogens is 272 g/mol. The number of hydrogen-bond donors (Lipinski definition) is 1. The van der Waals surface area contributed by atoms with Gasteiger partial charge in [-0.25, -0.2) is 0 Å². The Morgan fingerprint density at radius 2 is 1.80 bits per heavy atom. The van der Waals surface area contributed by atoms with E-state index in [2.05, 4.69) is 24.1 Å². The zero-order chi connectivity index (χ0) is 15.0. The lowest BCUT2D eigenvalue weighted by Crippen LogP contribution is -2.38. The highest BCUT2D eigenvalue weighted by molar-refractivity contribution is 6.30. The maximum atomic E-state index is 11.7. The maximum Gasteiger partial charge on any atom is 0.220 e. The van der Waals surface area contributed by atoms with Gasteiger partial charge in [0.1, 0.15) is 0 Å². The van der Waals surface area contributed by atoms with E-state index < -0.39 is 0 Å². The highest BCUT2D eigenvalue weighted by Crippen LogP contribution is 2.21. The number of hydrogen-bond acceptors (Lipinski definition) is 2. The predicted molar refractivity (Wildman–Crippen MR) is 85.0 cm³/mol. The molecular formula is C16H25ClN2O. The zero-order valence-corrected chi connectivity index (χ0v) is 13.4. The van der Waals surface area contributed by atoms with Crippen molar-refractivity contribution in [1.29, 1.82) is 0 Å². The first kappa shape index (κ1) is 17.0. The molecule has 0 aliphatic rings. The summed E-state index contributed by atoms with van der Waals surface area (Å²) in [6.07, 6.45) is 1.47. The predicted octanol–water partition coefficient (Wildman–Crippen LogP) is 3.64. The average Bonchev–Trinajstić information content (AvgIpc) is 2.45. The highest BCUT2D eigenvalue weighted by Gasteiger charge is 2.18. The minimum atomic E-state index is 0.124. The summed E-state index contributed by atoms with van der Waals surface area (Å²) < 4.78 is 0. The van der Waals surface area contributed by atoms with Crippen molar-refractivity contribution >= 4 is 17.5 Å². The van der Waals surface area contributed by atoms with Gasteiger partial charge in [0.2, 0.25) is 5.91 Å². The van der Waals surface area contributed by atoms with E-state index in [-0.39, 0.29) is 11.9 Å². The van der Waals surface area contributed by atoms with Crippen LogP contribution in [0.1, 0.15) is 45.2 Å². The van der Waals surface area contributed by atoms with Crippen LogP contribution in [0.2, 0.25) is 5.02 Å². The van der Waals surface area contributed by atoms with Gasteiger partial charge in [0.05, 0.1) is 6.04 Å². The Kier molecular flexibility index (Phi) is 7.63. The summed E-state index contributed by atoms with van der Waals surface area (Å²) in [5.41, 5.74) is 1.19. The summed E-state index contributed by atoms with van der Waals surface area (Å²) in [6.45, 7) is 8.84. The van der Waals surface area contributed by atoms with E-state index >= 15 is 0 Å². The zero-order valence-electron chi connectivity index (χ0n) is 12.7. The summed E-state index contributed by atoms with van der Waals surface area (Å²) in [6, 6.07) is 8.08. The minimum Gasteiger partial charge on any atom is -0.354 e. The minimum absolute atomic E-state index is 0.124. The lowest BCUT2D eigenvalue weighted by molar-refractivity contribution is -0.121. The number of nitrogens with one attached hydrogen (secondary N) is 1. The summed E-state index contributed by atoms with van der Waals surface area (Å²) in [7, 11) is 0. The number of likely N-dealkylation sites (N-methyl/N-ethyl adjacent to an activating group) is 1. The number of carbonyl (C=O) groups is 1. The van der Waals surface area contributed by atoms with Gasteiger partial charge in [0, 0.05) is 18.0 Å². The van der Waals surface area contributed by atoms with Crippen LogP contribution in [0.4, 0.5) is 0 Å². The van der Waals surface area contributed by atoms with Gasteiger partial charge < -0.3 is 5.32 Å². The Morgan fingerprint density at radius 3 is 2.30 bits per heavy atom.